The monoisotopic (exact) mass is 408 g/mol. The number of nitrogens with zero attached hydrogens (tertiary/aromatic N) is 1. The van der Waals surface area contributed by atoms with Crippen LogP contribution in [0.3, 0.4) is 0 Å². The molecule has 20 heavy (non-hydrogen) atoms. The average Bonchev–Trinajstić information content (AvgIpc) is 2.40. The molecule has 0 radical (unpaired) electrons. The van der Waals surface area contributed by atoms with Crippen molar-refractivity contribution in [1.29, 1.82) is 0 Å². The van der Waals surface area contributed by atoms with E-state index in [1.54, 1.807) is 0 Å². The van der Waals surface area contributed by atoms with Crippen LogP contribution in [0, 0.1) is 16.4 Å². The van der Waals surface area contributed by atoms with Crippen LogP contribution in [0.2, 0.25) is 0 Å². The summed E-state index contributed by atoms with van der Waals surface area (Å²) in [5.74, 6) is 0.796. The van der Waals surface area contributed by atoms with E-state index in [0.29, 0.717) is 12.5 Å². The zero-order valence-electron chi connectivity index (χ0n) is 11.9. The first kappa shape index (κ1) is 17.7. The molecule has 1 aromatic carbocycles. The van der Waals surface area contributed by atoms with Crippen molar-refractivity contribution in [2.45, 2.75) is 32.7 Å². The molecule has 0 aliphatic carbocycles. The second-order valence-corrected chi connectivity index (χ2v) is 6.66. The van der Waals surface area contributed by atoms with E-state index in [-0.39, 0.29) is 24.4 Å². The van der Waals surface area contributed by atoms with Crippen molar-refractivity contribution in [2.24, 2.45) is 11.7 Å². The number of aryl methyl sites for hydroxylation is 1. The Kier molecular flexibility index (Phi) is 6.75. The summed E-state index contributed by atoms with van der Waals surface area (Å²) in [5.41, 5.74) is 7.78. The maximum atomic E-state index is 12.7. The number of likely N-dealkylation sites (tertiary alicyclic amines) is 1. The lowest BCUT2D eigenvalue weighted by molar-refractivity contribution is 0.0572. The Morgan fingerprint density at radius 3 is 2.85 bits per heavy atom. The van der Waals surface area contributed by atoms with Crippen LogP contribution in [0.5, 0.6) is 0 Å². The molecule has 0 aromatic heterocycles. The fraction of sp³-hybridized carbons (Fsp3) is 0.533. The average molecular weight is 409 g/mol. The van der Waals surface area contributed by atoms with Gasteiger partial charge in [0.05, 0.1) is 5.56 Å². The van der Waals surface area contributed by atoms with Crippen molar-refractivity contribution in [1.82, 2.24) is 4.90 Å². The Morgan fingerprint density at radius 2 is 2.20 bits per heavy atom. The van der Waals surface area contributed by atoms with Crippen LogP contribution in [-0.4, -0.2) is 29.9 Å². The van der Waals surface area contributed by atoms with E-state index in [1.165, 1.54) is 0 Å². The Balaban J connectivity index is 0.00000200. The van der Waals surface area contributed by atoms with Gasteiger partial charge in [0.1, 0.15) is 0 Å². The van der Waals surface area contributed by atoms with E-state index < -0.39 is 0 Å². The van der Waals surface area contributed by atoms with E-state index in [1.807, 2.05) is 30.0 Å². The molecule has 0 spiro atoms. The third kappa shape index (κ3) is 3.86. The molecule has 1 aromatic rings. The molecule has 2 rings (SSSR count). The van der Waals surface area contributed by atoms with Gasteiger partial charge >= 0.3 is 0 Å². The maximum Gasteiger partial charge on any atom is 0.255 e. The van der Waals surface area contributed by atoms with Gasteiger partial charge in [-0.1, -0.05) is 18.6 Å². The molecule has 3 nitrogen and oxygen atoms in total. The Hall–Kier alpha value is -0.330. The SMILES string of the molecule is Cc1ccc(I)c(C(=O)N2CCC(C)CC2CN)c1.Cl. The van der Waals surface area contributed by atoms with Crippen molar-refractivity contribution in [3.63, 3.8) is 0 Å². The fourth-order valence-corrected chi connectivity index (χ4v) is 3.27. The molecule has 1 fully saturated rings. The second kappa shape index (κ2) is 7.61. The van der Waals surface area contributed by atoms with Crippen LogP contribution in [-0.2, 0) is 0 Å². The number of nitrogens with two attached hydrogens (primary N) is 1. The normalized spacial score (nSPS) is 22.3. The number of benzene rings is 1. The van der Waals surface area contributed by atoms with E-state index >= 15 is 0 Å². The van der Waals surface area contributed by atoms with Gasteiger partial charge in [0, 0.05) is 22.7 Å². The molecule has 2 atom stereocenters. The van der Waals surface area contributed by atoms with Crippen LogP contribution in [0.4, 0.5) is 0 Å². The Bertz CT molecular complexity index is 481. The first-order valence-corrected chi connectivity index (χ1v) is 7.88. The summed E-state index contributed by atoms with van der Waals surface area (Å²) in [6, 6.07) is 6.22. The van der Waals surface area contributed by atoms with Gasteiger partial charge in [0.25, 0.3) is 5.91 Å². The summed E-state index contributed by atoms with van der Waals surface area (Å²) >= 11 is 2.23. The van der Waals surface area contributed by atoms with E-state index in [9.17, 15) is 4.79 Å². The number of hydrogen-bond donors (Lipinski definition) is 1. The minimum absolute atomic E-state index is 0. The van der Waals surface area contributed by atoms with Gasteiger partial charge in [0.2, 0.25) is 0 Å². The number of amides is 1. The third-order valence-corrected chi connectivity index (χ3v) is 4.80. The smallest absolute Gasteiger partial charge is 0.255 e. The van der Waals surface area contributed by atoms with Gasteiger partial charge in [-0.15, -0.1) is 12.4 Å². The van der Waals surface area contributed by atoms with Crippen LogP contribution >= 0.6 is 35.0 Å². The number of hydrogen-bond acceptors (Lipinski definition) is 2. The first-order valence-electron chi connectivity index (χ1n) is 6.80. The molecule has 2 unspecified atom stereocenters. The van der Waals surface area contributed by atoms with Crippen LogP contribution in [0.15, 0.2) is 18.2 Å². The molecule has 0 bridgehead atoms. The zero-order chi connectivity index (χ0) is 14.0. The lowest BCUT2D eigenvalue weighted by Crippen LogP contribution is -2.49. The molecule has 1 saturated heterocycles. The number of halogens is 2. The van der Waals surface area contributed by atoms with Crippen LogP contribution < -0.4 is 5.73 Å². The van der Waals surface area contributed by atoms with Gasteiger partial charge < -0.3 is 10.6 Å². The molecule has 0 saturated carbocycles. The topological polar surface area (TPSA) is 46.3 Å². The highest BCUT2D eigenvalue weighted by Gasteiger charge is 2.30. The summed E-state index contributed by atoms with van der Waals surface area (Å²) in [7, 11) is 0. The van der Waals surface area contributed by atoms with Crippen molar-refractivity contribution < 1.29 is 4.79 Å². The van der Waals surface area contributed by atoms with E-state index in [0.717, 1.165) is 34.1 Å². The number of carbonyl (C=O) groups excluding carboxylic acids is 1. The van der Waals surface area contributed by atoms with Gasteiger partial charge in [-0.2, -0.15) is 0 Å². The molecule has 1 aliphatic rings. The predicted octanol–water partition coefficient (Wildman–Crippen LogP) is 3.22. The fourth-order valence-electron chi connectivity index (χ4n) is 2.70. The minimum atomic E-state index is 0. The highest BCUT2D eigenvalue weighted by atomic mass is 127. The highest BCUT2D eigenvalue weighted by molar-refractivity contribution is 14.1. The van der Waals surface area contributed by atoms with Crippen molar-refractivity contribution in [2.75, 3.05) is 13.1 Å². The van der Waals surface area contributed by atoms with Crippen molar-refractivity contribution >= 4 is 40.9 Å². The summed E-state index contributed by atoms with van der Waals surface area (Å²) in [6.07, 6.45) is 2.09. The standard InChI is InChI=1S/C15H21IN2O.ClH/c1-10-3-4-14(16)13(8-10)15(19)18-6-5-11(2)7-12(18)9-17;/h3-4,8,11-12H,5-7,9,17H2,1-2H3;1H. The van der Waals surface area contributed by atoms with Gasteiger partial charge in [-0.3, -0.25) is 4.79 Å². The van der Waals surface area contributed by atoms with E-state index in [2.05, 4.69) is 29.5 Å². The molecule has 1 heterocycles. The molecule has 1 amide bonds. The molecule has 112 valence electrons. The number of piperidine rings is 1. The Labute approximate surface area is 140 Å². The van der Waals surface area contributed by atoms with Gasteiger partial charge in [-0.25, -0.2) is 0 Å². The second-order valence-electron chi connectivity index (χ2n) is 5.50. The zero-order valence-corrected chi connectivity index (χ0v) is 14.9. The summed E-state index contributed by atoms with van der Waals surface area (Å²) in [6.45, 7) is 5.64. The van der Waals surface area contributed by atoms with Gasteiger partial charge in [-0.05, 0) is 60.4 Å². The van der Waals surface area contributed by atoms with Crippen molar-refractivity contribution in [3.8, 4) is 0 Å². The van der Waals surface area contributed by atoms with E-state index in [4.69, 9.17) is 5.73 Å². The third-order valence-electron chi connectivity index (χ3n) is 3.86. The minimum Gasteiger partial charge on any atom is -0.334 e. The van der Waals surface area contributed by atoms with Crippen LogP contribution in [0.25, 0.3) is 0 Å². The quantitative estimate of drug-likeness (QED) is 0.764. The van der Waals surface area contributed by atoms with Crippen LogP contribution in [0.1, 0.15) is 35.7 Å². The summed E-state index contributed by atoms with van der Waals surface area (Å²) < 4.78 is 1.02. The highest BCUT2D eigenvalue weighted by Crippen LogP contribution is 2.25. The predicted molar refractivity (Wildman–Crippen MR) is 93.4 cm³/mol. The van der Waals surface area contributed by atoms with Crippen molar-refractivity contribution in [3.05, 3.63) is 32.9 Å². The van der Waals surface area contributed by atoms with Gasteiger partial charge in [0.15, 0.2) is 0 Å². The first-order chi connectivity index (χ1) is 9.02. The summed E-state index contributed by atoms with van der Waals surface area (Å²) in [4.78, 5) is 14.7. The molecule has 5 heteroatoms. The molecule has 1 aliphatic heterocycles. The molecular formula is C15H22ClIN2O. The Morgan fingerprint density at radius 1 is 1.50 bits per heavy atom. The maximum absolute atomic E-state index is 12.7. The largest absolute Gasteiger partial charge is 0.334 e. The molecule has 2 N–H and O–H groups in total. The number of rotatable bonds is 2. The summed E-state index contributed by atoms with van der Waals surface area (Å²) in [5, 5.41) is 0. The number of carbonyl (C=O) groups is 1. The molecular weight excluding hydrogens is 387 g/mol. The lowest BCUT2D eigenvalue weighted by Gasteiger charge is -2.38. The lowest BCUT2D eigenvalue weighted by atomic mass is 9.92.